The molecule has 0 bridgehead atoms. The van der Waals surface area contributed by atoms with Gasteiger partial charge in [0.1, 0.15) is 0 Å². The molecule has 3 heteroatoms. The van der Waals surface area contributed by atoms with Crippen molar-refractivity contribution in [1.82, 2.24) is 4.98 Å². The van der Waals surface area contributed by atoms with Crippen LogP contribution in [-0.2, 0) is 0 Å². The zero-order valence-electron chi connectivity index (χ0n) is 7.13. The smallest absolute Gasteiger partial charge is 0.248 e. The summed E-state index contributed by atoms with van der Waals surface area (Å²) in [6, 6.07) is 2.94. The van der Waals surface area contributed by atoms with Crippen molar-refractivity contribution >= 4 is 5.78 Å². The van der Waals surface area contributed by atoms with E-state index < -0.39 is 0 Å². The van der Waals surface area contributed by atoms with E-state index in [2.05, 4.69) is 4.98 Å². The van der Waals surface area contributed by atoms with E-state index in [9.17, 15) is 9.59 Å². The van der Waals surface area contributed by atoms with E-state index >= 15 is 0 Å². The molecule has 64 valence electrons. The molecular formula is C9H11NO2. The third kappa shape index (κ3) is 1.81. The van der Waals surface area contributed by atoms with Gasteiger partial charge in [-0.05, 0) is 6.07 Å². The molecule has 1 heterocycles. The van der Waals surface area contributed by atoms with E-state index in [-0.39, 0.29) is 17.3 Å². The summed E-state index contributed by atoms with van der Waals surface area (Å²) < 4.78 is 0. The van der Waals surface area contributed by atoms with E-state index in [1.807, 2.05) is 13.8 Å². The average molecular weight is 165 g/mol. The number of carbonyl (C=O) groups excluding carboxylic acids is 1. The van der Waals surface area contributed by atoms with Crippen LogP contribution in [0.4, 0.5) is 0 Å². The lowest BCUT2D eigenvalue weighted by Gasteiger charge is -2.01. The van der Waals surface area contributed by atoms with Crippen LogP contribution in [0.5, 0.6) is 0 Å². The van der Waals surface area contributed by atoms with Crippen LogP contribution in [0.25, 0.3) is 0 Å². The fraction of sp³-hybridized carbons (Fsp3) is 0.333. The first kappa shape index (κ1) is 8.71. The first-order valence-corrected chi connectivity index (χ1v) is 3.84. The molecule has 0 saturated carbocycles. The Morgan fingerprint density at radius 2 is 2.17 bits per heavy atom. The third-order valence-electron chi connectivity index (χ3n) is 1.58. The first-order valence-electron chi connectivity index (χ1n) is 3.84. The maximum absolute atomic E-state index is 11.3. The topological polar surface area (TPSA) is 49.9 Å². The van der Waals surface area contributed by atoms with Gasteiger partial charge >= 0.3 is 0 Å². The van der Waals surface area contributed by atoms with E-state index in [0.717, 1.165) is 0 Å². The molecule has 1 aromatic rings. The van der Waals surface area contributed by atoms with Gasteiger partial charge in [-0.1, -0.05) is 13.8 Å². The minimum absolute atomic E-state index is 0.00102. The highest BCUT2D eigenvalue weighted by atomic mass is 16.1. The second-order valence-electron chi connectivity index (χ2n) is 2.96. The zero-order chi connectivity index (χ0) is 9.14. The van der Waals surface area contributed by atoms with Crippen molar-refractivity contribution in [2.75, 3.05) is 0 Å². The molecule has 0 aliphatic heterocycles. The van der Waals surface area contributed by atoms with E-state index in [1.165, 1.54) is 12.3 Å². The molecule has 0 spiro atoms. The minimum Gasteiger partial charge on any atom is -0.329 e. The summed E-state index contributed by atoms with van der Waals surface area (Å²) in [6.45, 7) is 3.62. The summed E-state index contributed by atoms with van der Waals surface area (Å²) in [4.78, 5) is 24.6. The molecule has 0 radical (unpaired) electrons. The number of pyridine rings is 1. The van der Waals surface area contributed by atoms with E-state index in [0.29, 0.717) is 5.56 Å². The number of H-pyrrole nitrogens is 1. The van der Waals surface area contributed by atoms with Crippen LogP contribution in [0, 0.1) is 5.92 Å². The van der Waals surface area contributed by atoms with Crippen LogP contribution >= 0.6 is 0 Å². The fourth-order valence-electron chi connectivity index (χ4n) is 0.931. The van der Waals surface area contributed by atoms with E-state index in [1.54, 1.807) is 6.07 Å². The molecule has 0 atom stereocenters. The summed E-state index contributed by atoms with van der Waals surface area (Å²) in [5.41, 5.74) is 0.246. The molecule has 0 amide bonds. The number of rotatable bonds is 2. The van der Waals surface area contributed by atoms with Gasteiger partial charge in [0.15, 0.2) is 5.78 Å². The highest BCUT2D eigenvalue weighted by Gasteiger charge is 2.09. The molecule has 1 rings (SSSR count). The molecule has 12 heavy (non-hydrogen) atoms. The first-order chi connectivity index (χ1) is 5.61. The lowest BCUT2D eigenvalue weighted by atomic mass is 10.0. The Morgan fingerprint density at radius 1 is 1.50 bits per heavy atom. The number of hydrogen-bond donors (Lipinski definition) is 1. The Bertz CT molecular complexity index is 338. The molecule has 3 nitrogen and oxygen atoms in total. The molecule has 0 aromatic carbocycles. The van der Waals surface area contributed by atoms with Crippen LogP contribution in [-0.4, -0.2) is 10.8 Å². The molecule has 0 saturated heterocycles. The van der Waals surface area contributed by atoms with Crippen LogP contribution in [0.15, 0.2) is 23.1 Å². The van der Waals surface area contributed by atoms with Crippen molar-refractivity contribution in [1.29, 1.82) is 0 Å². The van der Waals surface area contributed by atoms with Crippen molar-refractivity contribution in [3.63, 3.8) is 0 Å². The number of aromatic nitrogens is 1. The zero-order valence-corrected chi connectivity index (χ0v) is 7.13. The van der Waals surface area contributed by atoms with Gasteiger partial charge in [0.2, 0.25) is 5.56 Å². The summed E-state index contributed by atoms with van der Waals surface area (Å²) in [6.07, 6.45) is 1.48. The Hall–Kier alpha value is -1.38. The molecule has 0 fully saturated rings. The molecule has 1 aromatic heterocycles. The highest BCUT2D eigenvalue weighted by Crippen LogP contribution is 2.04. The monoisotopic (exact) mass is 165 g/mol. The maximum atomic E-state index is 11.3. The lowest BCUT2D eigenvalue weighted by molar-refractivity contribution is 0.0939. The van der Waals surface area contributed by atoms with E-state index in [4.69, 9.17) is 0 Å². The van der Waals surface area contributed by atoms with Gasteiger partial charge in [-0.15, -0.1) is 0 Å². The number of aromatic amines is 1. The summed E-state index contributed by atoms with van der Waals surface area (Å²) in [5.74, 6) is -0.0621. The summed E-state index contributed by atoms with van der Waals surface area (Å²) in [7, 11) is 0. The van der Waals surface area contributed by atoms with Crippen LogP contribution in [0.3, 0.4) is 0 Å². The number of carbonyl (C=O) groups is 1. The standard InChI is InChI=1S/C9H11NO2/c1-6(2)9(12)7-3-4-10-8(11)5-7/h3-6H,1-2H3,(H,10,11). The van der Waals surface area contributed by atoms with Gasteiger partial charge in [0, 0.05) is 23.7 Å². The fourth-order valence-corrected chi connectivity index (χ4v) is 0.931. The summed E-state index contributed by atoms with van der Waals surface area (Å²) >= 11 is 0. The van der Waals surface area contributed by atoms with Gasteiger partial charge in [0.05, 0.1) is 0 Å². The van der Waals surface area contributed by atoms with Crippen LogP contribution in [0.2, 0.25) is 0 Å². The average Bonchev–Trinajstić information content (AvgIpc) is 2.03. The Labute approximate surface area is 70.4 Å². The second-order valence-corrected chi connectivity index (χ2v) is 2.96. The van der Waals surface area contributed by atoms with Gasteiger partial charge in [-0.2, -0.15) is 0 Å². The van der Waals surface area contributed by atoms with Gasteiger partial charge < -0.3 is 4.98 Å². The minimum atomic E-state index is -0.235. The van der Waals surface area contributed by atoms with Crippen LogP contribution in [0.1, 0.15) is 24.2 Å². The lowest BCUT2D eigenvalue weighted by Crippen LogP contribution is -2.12. The molecule has 0 aliphatic rings. The van der Waals surface area contributed by atoms with Crippen LogP contribution < -0.4 is 5.56 Å². The highest BCUT2D eigenvalue weighted by molar-refractivity contribution is 5.97. The number of ketones is 1. The second kappa shape index (κ2) is 3.34. The summed E-state index contributed by atoms with van der Waals surface area (Å²) in [5, 5.41) is 0. The predicted molar refractivity (Wildman–Crippen MR) is 46.2 cm³/mol. The van der Waals surface area contributed by atoms with Gasteiger partial charge in [-0.3, -0.25) is 9.59 Å². The molecule has 1 N–H and O–H groups in total. The predicted octanol–water partition coefficient (Wildman–Crippen LogP) is 1.21. The van der Waals surface area contributed by atoms with Crippen molar-refractivity contribution in [2.45, 2.75) is 13.8 Å². The normalized spacial score (nSPS) is 10.2. The van der Waals surface area contributed by atoms with Crippen molar-refractivity contribution in [3.8, 4) is 0 Å². The molecule has 0 aliphatic carbocycles. The number of Topliss-reactive ketones (excluding diaryl/α,β-unsaturated/α-hetero) is 1. The Morgan fingerprint density at radius 3 is 2.67 bits per heavy atom. The number of nitrogens with one attached hydrogen (secondary N) is 1. The SMILES string of the molecule is CC(C)C(=O)c1cc[nH]c(=O)c1. The van der Waals surface area contributed by atoms with Crippen molar-refractivity contribution in [2.24, 2.45) is 5.92 Å². The Balaban J connectivity index is 3.04. The molecule has 0 unspecified atom stereocenters. The quantitative estimate of drug-likeness (QED) is 0.670. The van der Waals surface area contributed by atoms with Crippen molar-refractivity contribution in [3.05, 3.63) is 34.2 Å². The largest absolute Gasteiger partial charge is 0.329 e. The van der Waals surface area contributed by atoms with Gasteiger partial charge in [-0.25, -0.2) is 0 Å². The maximum Gasteiger partial charge on any atom is 0.248 e. The third-order valence-corrected chi connectivity index (χ3v) is 1.58. The van der Waals surface area contributed by atoms with Gasteiger partial charge in [0.25, 0.3) is 0 Å². The number of hydrogen-bond acceptors (Lipinski definition) is 2. The Kier molecular flexibility index (Phi) is 2.43. The molecular weight excluding hydrogens is 154 g/mol. The van der Waals surface area contributed by atoms with Crippen molar-refractivity contribution < 1.29 is 4.79 Å².